The number of nitrogens with one attached hydrogen (secondary N) is 1. The van der Waals surface area contributed by atoms with E-state index in [0.29, 0.717) is 5.75 Å². The average Bonchev–Trinajstić information content (AvgIpc) is 2.74. The van der Waals surface area contributed by atoms with Crippen molar-refractivity contribution in [3.05, 3.63) is 35.7 Å². The van der Waals surface area contributed by atoms with Gasteiger partial charge in [0.2, 0.25) is 0 Å². The number of hydrogen-bond donors (Lipinski definition) is 1. The van der Waals surface area contributed by atoms with Crippen molar-refractivity contribution in [3.63, 3.8) is 0 Å². The van der Waals surface area contributed by atoms with E-state index in [2.05, 4.69) is 10.4 Å². The van der Waals surface area contributed by atoms with E-state index in [1.165, 1.54) is 0 Å². The van der Waals surface area contributed by atoms with E-state index in [1.54, 1.807) is 43.0 Å². The van der Waals surface area contributed by atoms with Crippen molar-refractivity contribution < 1.29 is 14.3 Å². The second-order valence-corrected chi connectivity index (χ2v) is 5.09. The topological polar surface area (TPSA) is 65.4 Å². The molecule has 0 bridgehead atoms. The highest BCUT2D eigenvalue weighted by Crippen LogP contribution is 2.21. The molecule has 1 amide bonds. The number of nitrogens with zero attached hydrogens (tertiary/aromatic N) is 2. The molecule has 6 heteroatoms. The molecule has 0 saturated carbocycles. The van der Waals surface area contributed by atoms with Gasteiger partial charge in [0.15, 0.2) is 6.10 Å². The lowest BCUT2D eigenvalue weighted by atomic mass is 10.2. The number of methoxy groups -OCH3 is 1. The maximum absolute atomic E-state index is 12.3. The van der Waals surface area contributed by atoms with Crippen LogP contribution in [0, 0.1) is 13.8 Å². The van der Waals surface area contributed by atoms with Crippen molar-refractivity contribution in [2.75, 3.05) is 12.4 Å². The van der Waals surface area contributed by atoms with Crippen LogP contribution in [0.3, 0.4) is 0 Å². The molecular weight excluding hydrogens is 282 g/mol. The first-order valence-corrected chi connectivity index (χ1v) is 7.04. The zero-order valence-corrected chi connectivity index (χ0v) is 13.5. The lowest BCUT2D eigenvalue weighted by molar-refractivity contribution is -0.122. The van der Waals surface area contributed by atoms with Gasteiger partial charge in [-0.3, -0.25) is 9.48 Å². The van der Waals surface area contributed by atoms with Gasteiger partial charge in [-0.15, -0.1) is 0 Å². The van der Waals surface area contributed by atoms with Crippen LogP contribution in [0.2, 0.25) is 0 Å². The van der Waals surface area contributed by atoms with Crippen LogP contribution in [0.15, 0.2) is 24.3 Å². The third-order valence-corrected chi connectivity index (χ3v) is 3.50. The highest BCUT2D eigenvalue weighted by molar-refractivity contribution is 5.95. The summed E-state index contributed by atoms with van der Waals surface area (Å²) < 4.78 is 12.5. The summed E-state index contributed by atoms with van der Waals surface area (Å²) in [4.78, 5) is 12.3. The molecule has 1 heterocycles. The number of amides is 1. The Morgan fingerprint density at radius 2 is 1.82 bits per heavy atom. The number of anilines is 1. The van der Waals surface area contributed by atoms with Crippen LogP contribution in [-0.4, -0.2) is 28.9 Å². The van der Waals surface area contributed by atoms with E-state index in [1.807, 2.05) is 20.9 Å². The number of aromatic nitrogens is 2. The van der Waals surface area contributed by atoms with Gasteiger partial charge >= 0.3 is 0 Å². The average molecular weight is 303 g/mol. The zero-order chi connectivity index (χ0) is 16.3. The van der Waals surface area contributed by atoms with Gasteiger partial charge < -0.3 is 14.8 Å². The Bertz CT molecular complexity index is 662. The molecule has 0 unspecified atom stereocenters. The minimum atomic E-state index is -0.618. The van der Waals surface area contributed by atoms with Crippen LogP contribution in [0.1, 0.15) is 18.3 Å². The fourth-order valence-electron chi connectivity index (χ4n) is 2.09. The number of ether oxygens (including phenoxy) is 2. The van der Waals surface area contributed by atoms with Crippen molar-refractivity contribution in [1.29, 1.82) is 0 Å². The molecule has 0 aliphatic heterocycles. The summed E-state index contributed by atoms with van der Waals surface area (Å²) in [6, 6.07) is 7.11. The fraction of sp³-hybridized carbons (Fsp3) is 0.375. The first-order valence-electron chi connectivity index (χ1n) is 7.04. The molecule has 1 aromatic carbocycles. The second kappa shape index (κ2) is 6.51. The summed E-state index contributed by atoms with van der Waals surface area (Å²) in [6.45, 7) is 5.48. The Hall–Kier alpha value is -2.50. The molecular formula is C16H21N3O3. The van der Waals surface area contributed by atoms with Crippen molar-refractivity contribution in [2.24, 2.45) is 7.05 Å². The molecule has 6 nitrogen and oxygen atoms in total. The van der Waals surface area contributed by atoms with Gasteiger partial charge in [0.25, 0.3) is 5.91 Å². The molecule has 0 spiro atoms. The monoisotopic (exact) mass is 303 g/mol. The molecule has 0 aliphatic rings. The summed E-state index contributed by atoms with van der Waals surface area (Å²) in [5.74, 6) is 1.14. The molecule has 22 heavy (non-hydrogen) atoms. The van der Waals surface area contributed by atoms with Gasteiger partial charge in [0, 0.05) is 7.05 Å². The van der Waals surface area contributed by atoms with E-state index >= 15 is 0 Å². The summed E-state index contributed by atoms with van der Waals surface area (Å²) >= 11 is 0. The first kappa shape index (κ1) is 15.9. The van der Waals surface area contributed by atoms with Crippen molar-refractivity contribution in [1.82, 2.24) is 9.78 Å². The summed E-state index contributed by atoms with van der Waals surface area (Å²) in [6.07, 6.45) is -0.618. The zero-order valence-electron chi connectivity index (χ0n) is 13.5. The molecule has 2 rings (SSSR count). The molecule has 0 saturated heterocycles. The standard InChI is InChI=1S/C16H21N3O3/c1-10-15(11(2)19(4)18-10)17-16(20)12(3)22-14-8-6-13(21-5)7-9-14/h6-9,12H,1-5H3,(H,17,20)/t12-/m1/s1. The van der Waals surface area contributed by atoms with Crippen LogP contribution in [0.5, 0.6) is 11.5 Å². The molecule has 1 atom stereocenters. The van der Waals surface area contributed by atoms with E-state index in [9.17, 15) is 4.79 Å². The lowest BCUT2D eigenvalue weighted by Gasteiger charge is -2.15. The Morgan fingerprint density at radius 1 is 1.23 bits per heavy atom. The second-order valence-electron chi connectivity index (χ2n) is 5.09. The molecule has 0 fully saturated rings. The quantitative estimate of drug-likeness (QED) is 0.921. The summed E-state index contributed by atoms with van der Waals surface area (Å²) in [5, 5.41) is 7.14. The summed E-state index contributed by atoms with van der Waals surface area (Å²) in [5.41, 5.74) is 2.42. The van der Waals surface area contributed by atoms with Gasteiger partial charge in [0.1, 0.15) is 11.5 Å². The Morgan fingerprint density at radius 3 is 2.32 bits per heavy atom. The highest BCUT2D eigenvalue weighted by Gasteiger charge is 2.18. The van der Waals surface area contributed by atoms with E-state index in [4.69, 9.17) is 9.47 Å². The van der Waals surface area contributed by atoms with Gasteiger partial charge in [-0.05, 0) is 45.0 Å². The molecule has 0 aliphatic carbocycles. The van der Waals surface area contributed by atoms with Crippen LogP contribution < -0.4 is 14.8 Å². The van der Waals surface area contributed by atoms with E-state index in [-0.39, 0.29) is 5.91 Å². The van der Waals surface area contributed by atoms with Crippen molar-refractivity contribution in [3.8, 4) is 11.5 Å². The maximum Gasteiger partial charge on any atom is 0.265 e. The number of rotatable bonds is 5. The smallest absolute Gasteiger partial charge is 0.265 e. The maximum atomic E-state index is 12.3. The molecule has 1 N–H and O–H groups in total. The minimum Gasteiger partial charge on any atom is -0.497 e. The minimum absolute atomic E-state index is 0.213. The number of benzene rings is 1. The highest BCUT2D eigenvalue weighted by atomic mass is 16.5. The van der Waals surface area contributed by atoms with Crippen molar-refractivity contribution in [2.45, 2.75) is 26.9 Å². The van der Waals surface area contributed by atoms with Gasteiger partial charge in [-0.1, -0.05) is 0 Å². The third-order valence-electron chi connectivity index (χ3n) is 3.50. The van der Waals surface area contributed by atoms with E-state index in [0.717, 1.165) is 22.8 Å². The summed E-state index contributed by atoms with van der Waals surface area (Å²) in [7, 11) is 3.44. The SMILES string of the molecule is COc1ccc(O[C@H](C)C(=O)Nc2c(C)nn(C)c2C)cc1. The predicted octanol–water partition coefficient (Wildman–Crippen LogP) is 2.45. The number of carbonyl (C=O) groups is 1. The third kappa shape index (κ3) is 3.39. The number of hydrogen-bond acceptors (Lipinski definition) is 4. The normalized spacial score (nSPS) is 11.9. The largest absolute Gasteiger partial charge is 0.497 e. The molecule has 0 radical (unpaired) electrons. The first-order chi connectivity index (χ1) is 10.4. The molecule has 2 aromatic rings. The van der Waals surface area contributed by atoms with Crippen LogP contribution >= 0.6 is 0 Å². The van der Waals surface area contributed by atoms with Gasteiger partial charge in [-0.25, -0.2) is 0 Å². The number of carbonyl (C=O) groups excluding carboxylic acids is 1. The van der Waals surface area contributed by atoms with Crippen LogP contribution in [0.4, 0.5) is 5.69 Å². The molecule has 1 aromatic heterocycles. The number of aryl methyl sites for hydroxylation is 2. The van der Waals surface area contributed by atoms with Gasteiger partial charge in [-0.2, -0.15) is 5.10 Å². The van der Waals surface area contributed by atoms with E-state index < -0.39 is 6.10 Å². The van der Waals surface area contributed by atoms with Gasteiger partial charge in [0.05, 0.1) is 24.2 Å². The Balaban J connectivity index is 2.02. The predicted molar refractivity (Wildman–Crippen MR) is 84.4 cm³/mol. The Kier molecular flexibility index (Phi) is 4.70. The molecule has 118 valence electrons. The van der Waals surface area contributed by atoms with Crippen molar-refractivity contribution >= 4 is 11.6 Å². The lowest BCUT2D eigenvalue weighted by Crippen LogP contribution is -2.30. The Labute approximate surface area is 130 Å². The van der Waals surface area contributed by atoms with Crippen LogP contribution in [-0.2, 0) is 11.8 Å². The van der Waals surface area contributed by atoms with Crippen LogP contribution in [0.25, 0.3) is 0 Å². The fourth-order valence-corrected chi connectivity index (χ4v) is 2.09.